The minimum absolute atomic E-state index is 0.219. The lowest BCUT2D eigenvalue weighted by Crippen LogP contribution is -2.49. The highest BCUT2D eigenvalue weighted by Crippen LogP contribution is 2.27. The first-order valence-corrected chi connectivity index (χ1v) is 7.61. The third-order valence-corrected chi connectivity index (χ3v) is 4.97. The van der Waals surface area contributed by atoms with Gasteiger partial charge in [0.1, 0.15) is 6.10 Å². The Bertz CT molecular complexity index is 572. The number of nitrogens with zero attached hydrogens (tertiary/aromatic N) is 1. The largest absolute Gasteiger partial charge is 0.389 e. The molecule has 0 aliphatic carbocycles. The molecule has 1 aromatic carbocycles. The lowest BCUT2D eigenvalue weighted by Gasteiger charge is -2.26. The molecule has 6 nitrogen and oxygen atoms in total. The van der Waals surface area contributed by atoms with Crippen molar-refractivity contribution in [3.63, 3.8) is 0 Å². The van der Waals surface area contributed by atoms with Gasteiger partial charge in [-0.05, 0) is 19.1 Å². The van der Waals surface area contributed by atoms with E-state index in [0.717, 1.165) is 5.56 Å². The number of ether oxygens (including phenoxy) is 1. The molecule has 0 aromatic heterocycles. The molecule has 7 heteroatoms. The maximum absolute atomic E-state index is 12.2. The van der Waals surface area contributed by atoms with Gasteiger partial charge in [0.15, 0.2) is 0 Å². The Hall–Kier alpha value is -0.990. The molecule has 2 bridgehead atoms. The number of sulfonamides is 1. The summed E-state index contributed by atoms with van der Waals surface area (Å²) < 4.78 is 29.7. The second kappa shape index (κ2) is 4.53. The fraction of sp³-hybridized carbons (Fsp3) is 0.500. The maximum Gasteiger partial charge on any atom is 0.253 e. The second-order valence-corrected chi connectivity index (χ2v) is 6.65. The van der Waals surface area contributed by atoms with Crippen molar-refractivity contribution >= 4 is 10.0 Å². The summed E-state index contributed by atoms with van der Waals surface area (Å²) in [5, 5.41) is 11.4. The first kappa shape index (κ1) is 13.0. The zero-order valence-electron chi connectivity index (χ0n) is 10.5. The average molecular weight is 284 g/mol. The molecule has 2 aliphatic heterocycles. The summed E-state index contributed by atoms with van der Waals surface area (Å²) in [6.45, 7) is 2.62. The topological polar surface area (TPSA) is 78.9 Å². The summed E-state index contributed by atoms with van der Waals surface area (Å²) in [5.41, 5.74) is 1.00. The number of morpholine rings is 1. The molecule has 0 radical (unpaired) electrons. The van der Waals surface area contributed by atoms with E-state index in [-0.39, 0.29) is 17.0 Å². The van der Waals surface area contributed by atoms with Crippen LogP contribution in [0.4, 0.5) is 0 Å². The zero-order chi connectivity index (χ0) is 13.6. The van der Waals surface area contributed by atoms with Crippen molar-refractivity contribution in [2.75, 3.05) is 13.2 Å². The van der Waals surface area contributed by atoms with E-state index in [9.17, 15) is 13.5 Å². The average Bonchev–Trinajstić information content (AvgIpc) is 2.84. The van der Waals surface area contributed by atoms with Gasteiger partial charge in [-0.2, -0.15) is 0 Å². The first-order valence-electron chi connectivity index (χ1n) is 6.13. The van der Waals surface area contributed by atoms with Crippen LogP contribution in [0.25, 0.3) is 0 Å². The molecule has 104 valence electrons. The fourth-order valence-electron chi connectivity index (χ4n) is 2.46. The van der Waals surface area contributed by atoms with Crippen LogP contribution in [-0.4, -0.2) is 49.9 Å². The first-order chi connectivity index (χ1) is 8.97. The van der Waals surface area contributed by atoms with Gasteiger partial charge in [0.2, 0.25) is 0 Å². The van der Waals surface area contributed by atoms with Crippen molar-refractivity contribution in [2.45, 2.75) is 30.1 Å². The Morgan fingerprint density at radius 2 is 2.05 bits per heavy atom. The van der Waals surface area contributed by atoms with Crippen LogP contribution in [0.3, 0.4) is 0 Å². The molecule has 3 atom stereocenters. The van der Waals surface area contributed by atoms with E-state index < -0.39 is 16.1 Å². The Kier molecular flexibility index (Phi) is 3.11. The van der Waals surface area contributed by atoms with Crippen LogP contribution in [0.15, 0.2) is 29.2 Å². The molecule has 19 heavy (non-hydrogen) atoms. The number of nitrogens with one attached hydrogen (secondary N) is 1. The van der Waals surface area contributed by atoms with Gasteiger partial charge in [-0.1, -0.05) is 17.7 Å². The van der Waals surface area contributed by atoms with Crippen LogP contribution >= 0.6 is 0 Å². The lowest BCUT2D eigenvalue weighted by atomic mass is 10.2. The van der Waals surface area contributed by atoms with Crippen molar-refractivity contribution in [2.24, 2.45) is 0 Å². The minimum atomic E-state index is -3.60. The predicted molar refractivity (Wildman–Crippen MR) is 67.7 cm³/mol. The number of hydrazine groups is 1. The quantitative estimate of drug-likeness (QED) is 0.792. The van der Waals surface area contributed by atoms with Crippen molar-refractivity contribution in [3.05, 3.63) is 29.8 Å². The lowest BCUT2D eigenvalue weighted by molar-refractivity contribution is 0.0159. The number of hydrogen-bond acceptors (Lipinski definition) is 5. The standard InChI is InChI=1S/C12H16N2O4S/c1-8-2-4-9(5-3-8)19(16,17)13-14-6-11-12(15)10(14)7-18-11/h2-5,10-13,15H,6-7H2,1H3/t10-,11-,12+/m1/s1. The Morgan fingerprint density at radius 3 is 2.58 bits per heavy atom. The van der Waals surface area contributed by atoms with E-state index >= 15 is 0 Å². The third-order valence-electron chi connectivity index (χ3n) is 3.60. The highest BCUT2D eigenvalue weighted by atomic mass is 32.2. The van der Waals surface area contributed by atoms with Crippen LogP contribution in [-0.2, 0) is 14.8 Å². The van der Waals surface area contributed by atoms with Crippen LogP contribution in [0.1, 0.15) is 5.56 Å². The molecule has 0 unspecified atom stereocenters. The molecule has 0 spiro atoms. The number of hydrogen-bond donors (Lipinski definition) is 2. The predicted octanol–water partition coefficient (Wildman–Crippen LogP) is -0.368. The molecule has 0 amide bonds. The number of benzene rings is 1. The molecule has 2 fully saturated rings. The van der Waals surface area contributed by atoms with Gasteiger partial charge in [0.25, 0.3) is 10.0 Å². The number of rotatable bonds is 3. The van der Waals surface area contributed by atoms with E-state index in [1.807, 2.05) is 6.92 Å². The van der Waals surface area contributed by atoms with Gasteiger partial charge in [0, 0.05) is 6.54 Å². The van der Waals surface area contributed by atoms with Crippen LogP contribution in [0.5, 0.6) is 0 Å². The monoisotopic (exact) mass is 284 g/mol. The molecule has 3 rings (SSSR count). The van der Waals surface area contributed by atoms with Gasteiger partial charge in [-0.3, -0.25) is 0 Å². The minimum Gasteiger partial charge on any atom is -0.389 e. The number of aliphatic hydroxyl groups excluding tert-OH is 1. The Labute approximate surface area is 112 Å². The zero-order valence-corrected chi connectivity index (χ0v) is 11.3. The van der Waals surface area contributed by atoms with Crippen LogP contribution in [0.2, 0.25) is 0 Å². The summed E-state index contributed by atoms with van der Waals surface area (Å²) >= 11 is 0. The smallest absolute Gasteiger partial charge is 0.253 e. The normalized spacial score (nSPS) is 30.9. The van der Waals surface area contributed by atoms with Gasteiger partial charge in [0.05, 0.1) is 23.6 Å². The van der Waals surface area contributed by atoms with E-state index in [4.69, 9.17) is 4.74 Å². The van der Waals surface area contributed by atoms with Crippen LogP contribution in [0, 0.1) is 6.92 Å². The third kappa shape index (κ3) is 2.28. The Morgan fingerprint density at radius 1 is 1.37 bits per heavy atom. The van der Waals surface area contributed by atoms with Gasteiger partial charge in [-0.25, -0.2) is 13.4 Å². The van der Waals surface area contributed by atoms with Crippen molar-refractivity contribution in [3.8, 4) is 0 Å². The van der Waals surface area contributed by atoms with Crippen molar-refractivity contribution < 1.29 is 18.3 Å². The van der Waals surface area contributed by atoms with E-state index in [1.54, 1.807) is 29.3 Å². The summed E-state index contributed by atoms with van der Waals surface area (Å²) in [6.07, 6.45) is -0.925. The van der Waals surface area contributed by atoms with Gasteiger partial charge in [-0.15, -0.1) is 4.83 Å². The summed E-state index contributed by atoms with van der Waals surface area (Å²) in [4.78, 5) is 2.74. The van der Waals surface area contributed by atoms with Crippen LogP contribution < -0.4 is 4.83 Å². The highest BCUT2D eigenvalue weighted by molar-refractivity contribution is 7.89. The van der Waals surface area contributed by atoms with Gasteiger partial charge < -0.3 is 9.84 Å². The summed E-state index contributed by atoms with van der Waals surface area (Å²) in [5.74, 6) is 0. The highest BCUT2D eigenvalue weighted by Gasteiger charge is 2.48. The molecule has 2 heterocycles. The molecule has 1 aromatic rings. The number of aryl methyl sites for hydroxylation is 1. The molecular formula is C12H16N2O4S. The molecular weight excluding hydrogens is 268 g/mol. The maximum atomic E-state index is 12.2. The molecule has 2 aliphatic rings. The number of fused-ring (bicyclic) bond motifs is 2. The summed E-state index contributed by atoms with van der Waals surface area (Å²) in [7, 11) is -3.60. The van der Waals surface area contributed by atoms with Crippen molar-refractivity contribution in [1.29, 1.82) is 0 Å². The fourth-order valence-corrected chi connectivity index (χ4v) is 3.58. The number of aliphatic hydroxyl groups is 1. The van der Waals surface area contributed by atoms with Crippen molar-refractivity contribution in [1.82, 2.24) is 9.84 Å². The molecule has 0 saturated carbocycles. The molecule has 2 N–H and O–H groups in total. The van der Waals surface area contributed by atoms with Gasteiger partial charge >= 0.3 is 0 Å². The van der Waals surface area contributed by atoms with E-state index in [0.29, 0.717) is 13.2 Å². The van der Waals surface area contributed by atoms with E-state index in [2.05, 4.69) is 4.83 Å². The summed E-state index contributed by atoms with van der Waals surface area (Å²) in [6, 6.07) is 6.34. The van der Waals surface area contributed by atoms with E-state index in [1.165, 1.54) is 0 Å². The molecule has 2 saturated heterocycles. The Balaban J connectivity index is 1.78. The second-order valence-electron chi connectivity index (χ2n) is 4.99. The SMILES string of the molecule is Cc1ccc(S(=O)(=O)NN2C[C@H]3OC[C@@H]2[C@@H]3O)cc1.